The molecule has 9 aromatic heterocycles. The molecule has 0 spiro atoms. The molecule has 9 aromatic rings. The molecule has 18 heterocycles. The molecule has 0 saturated heterocycles. The Labute approximate surface area is 665 Å². The van der Waals surface area contributed by atoms with E-state index in [4.69, 9.17) is 15.3 Å². The summed E-state index contributed by atoms with van der Waals surface area (Å²) >= 11 is 0. The van der Waals surface area contributed by atoms with Crippen LogP contribution in [0.15, 0.2) is 37.2 Å². The van der Waals surface area contributed by atoms with Gasteiger partial charge in [-0.3, -0.25) is 0 Å². The molecule has 27 heteroatoms. The molecule has 0 fully saturated rings. The molecule has 0 bridgehead atoms. The monoisotopic (exact) mass is 1540 g/mol. The third-order valence-corrected chi connectivity index (χ3v) is 22.8. The van der Waals surface area contributed by atoms with Crippen molar-refractivity contribution in [1.82, 2.24) is 89.1 Å². The van der Waals surface area contributed by atoms with Crippen LogP contribution < -0.4 is 42.1 Å². The van der Waals surface area contributed by atoms with Crippen molar-refractivity contribution in [3.8, 4) is 0 Å². The molecule has 0 N–H and O–H groups in total. The summed E-state index contributed by atoms with van der Waals surface area (Å²) in [5.74, 6) is 0. The first-order chi connectivity index (χ1) is 54.5. The molecule has 9 aliphatic heterocycles. The van der Waals surface area contributed by atoms with Crippen LogP contribution in [0, 0.1) is 20.8 Å². The van der Waals surface area contributed by atoms with Gasteiger partial charge in [0.2, 0.25) is 34.2 Å². The lowest BCUT2D eigenvalue weighted by molar-refractivity contribution is -0.792. The van der Waals surface area contributed by atoms with Crippen molar-refractivity contribution in [2.75, 3.05) is 0 Å². The maximum atomic E-state index is 4.83. The lowest BCUT2D eigenvalue weighted by Gasteiger charge is -2.10. The van der Waals surface area contributed by atoms with Crippen molar-refractivity contribution >= 4 is 0 Å². The highest BCUT2D eigenvalue weighted by Gasteiger charge is 2.32. The van der Waals surface area contributed by atoms with Crippen molar-refractivity contribution in [2.24, 2.45) is 21.1 Å². The number of nitrogens with zero attached hydrogens (tertiary/aromatic N) is 27. The van der Waals surface area contributed by atoms with Crippen LogP contribution in [0.2, 0.25) is 0 Å². The van der Waals surface area contributed by atoms with Gasteiger partial charge in [-0.25, -0.2) is 0 Å². The minimum Gasteiger partial charge on any atom is -0.160 e. The fraction of sp³-hybridized carbons (Fsp3) is 0.786. The lowest BCUT2D eigenvalue weighted by Crippen LogP contribution is -2.49. The molecular formula is C84H150N27+9. The van der Waals surface area contributed by atoms with Crippen molar-refractivity contribution in [3.63, 3.8) is 0 Å². The van der Waals surface area contributed by atoms with Crippen LogP contribution in [-0.2, 0) is 177 Å². The SMILES string of the molecule is C1CCCc2c(nn3[n+]2CCC3)CC1.C1CCCc2c(nn3[n+]2CCCC3)CC1.C1CCCc2c(nn3[n+]2CCCCC3)CC1.CC.CC.CC.C[n+]1cc2n(n1)CCC2.C[n+]1cc2n(n1)CCCC2.C[n+]1cc2n(n1)CCCCC2.Cc1c[n+]2n(n1)CCC2.Cc1c[n+]2n(n1)CCCC2.Cc1c[n+]2n(n1)CCCCC2. The van der Waals surface area contributed by atoms with E-state index in [1.165, 1.54) is 304 Å². The van der Waals surface area contributed by atoms with Gasteiger partial charge in [0.15, 0.2) is 71.3 Å². The van der Waals surface area contributed by atoms with E-state index < -0.39 is 0 Å². The van der Waals surface area contributed by atoms with Gasteiger partial charge in [-0.15, -0.1) is 28.1 Å². The van der Waals surface area contributed by atoms with E-state index in [0.29, 0.717) is 0 Å². The highest BCUT2D eigenvalue weighted by molar-refractivity contribution is 5.08. The van der Waals surface area contributed by atoms with Gasteiger partial charge in [-0.2, -0.15) is 28.1 Å². The number of hydrogen-bond acceptors (Lipinski definition) is 9. The molecule has 612 valence electrons. The lowest BCUT2D eigenvalue weighted by atomic mass is 10.0. The predicted molar refractivity (Wildman–Crippen MR) is 425 cm³/mol. The maximum absolute atomic E-state index is 4.83. The minimum absolute atomic E-state index is 1.09. The van der Waals surface area contributed by atoms with E-state index in [-0.39, 0.29) is 0 Å². The quantitative estimate of drug-likeness (QED) is 0.133. The summed E-state index contributed by atoms with van der Waals surface area (Å²) in [5.41, 5.74) is 16.4. The summed E-state index contributed by atoms with van der Waals surface area (Å²) in [6.45, 7) is 35.1. The Balaban J connectivity index is 0.000000132. The predicted octanol–water partition coefficient (Wildman–Crippen LogP) is 8.90. The van der Waals surface area contributed by atoms with Gasteiger partial charge >= 0.3 is 0 Å². The average Bonchev–Trinajstić information content (AvgIpc) is 1.66. The standard InChI is InChI=1S/C13H22N3.C12H20N3.C11H18N3.2C8H14N3.2C7H12N3.2C6H10N3.3C2H6/c1-2-5-9-13-12(8-4-1)14-16-11-7-3-6-10-15(13)16;1-2-4-8-12-11(7-3-1)13-15-10-6-5-9-14(12)15;1-2-4-7-11-10(6-3-1)12-14-9-5-8-13(11)14;1-10-7-8-5-3-2-4-6-11(8)9-10;1-8-7-10-5-3-2-4-6-11(10)9-8;1-9-6-7-4-2-3-5-10(7)8-9;1-7-6-9-4-2-3-5-10(9)8-7;1-8-5-6-3-2-4-9(6)7-8;1-6-5-8-3-2-4-9(8)7-6;3*1-2/h1-11H2;1-10H2;1-9H2;2*7H,2-6H2,1H3;2*6H,2-5H2,1H3;2*5H,2-4H2,1H3;3*1-2H3/q9*+1;;;. The maximum Gasteiger partial charge on any atom is 0.221 e. The van der Waals surface area contributed by atoms with Gasteiger partial charge in [0.25, 0.3) is 0 Å². The van der Waals surface area contributed by atoms with E-state index in [9.17, 15) is 0 Å². The van der Waals surface area contributed by atoms with Crippen LogP contribution in [-0.4, -0.2) is 89.1 Å². The molecule has 0 unspecified atom stereocenters. The van der Waals surface area contributed by atoms with E-state index in [2.05, 4.69) is 141 Å². The fourth-order valence-electron chi connectivity index (χ4n) is 17.5. The third-order valence-electron chi connectivity index (χ3n) is 22.8. The van der Waals surface area contributed by atoms with E-state index in [1.807, 2.05) is 95.4 Å². The molecule has 0 atom stereocenters. The topological polar surface area (TPSA) is 195 Å². The smallest absolute Gasteiger partial charge is 0.160 e. The Kier molecular flexibility index (Phi) is 35.4. The van der Waals surface area contributed by atoms with Crippen LogP contribution >= 0.6 is 0 Å². The molecular weight excluding hydrogens is 1390 g/mol. The molecule has 21 rings (SSSR count). The molecule has 27 nitrogen and oxygen atoms in total. The zero-order valence-electron chi connectivity index (χ0n) is 71.7. The summed E-state index contributed by atoms with van der Waals surface area (Å²) in [6.07, 6.45) is 63.7. The Bertz CT molecular complexity index is 3860. The number of aromatic nitrogens is 27. The van der Waals surface area contributed by atoms with E-state index in [0.717, 1.165) is 95.6 Å². The first-order valence-corrected chi connectivity index (χ1v) is 45.1. The highest BCUT2D eigenvalue weighted by Crippen LogP contribution is 2.22. The second-order valence-corrected chi connectivity index (χ2v) is 31.6. The van der Waals surface area contributed by atoms with Gasteiger partial charge in [0.1, 0.15) is 119 Å². The Hall–Kier alpha value is -7.74. The molecule has 0 saturated carbocycles. The second kappa shape index (κ2) is 45.8. The first kappa shape index (κ1) is 85.7. The molecule has 0 radical (unpaired) electrons. The van der Waals surface area contributed by atoms with Crippen LogP contribution in [0.5, 0.6) is 0 Å². The van der Waals surface area contributed by atoms with Crippen LogP contribution in [0.4, 0.5) is 0 Å². The summed E-state index contributed by atoms with van der Waals surface area (Å²) in [7, 11) is 5.93. The van der Waals surface area contributed by atoms with Gasteiger partial charge in [-0.1, -0.05) is 80.1 Å². The second-order valence-electron chi connectivity index (χ2n) is 31.6. The molecule has 12 aliphatic rings. The Morgan fingerprint density at radius 1 is 0.234 bits per heavy atom. The first-order valence-electron chi connectivity index (χ1n) is 45.1. The molecule has 3 aliphatic carbocycles. The Morgan fingerprint density at radius 3 is 0.910 bits per heavy atom. The summed E-state index contributed by atoms with van der Waals surface area (Å²) in [5, 5.41) is 40.2. The van der Waals surface area contributed by atoms with Crippen molar-refractivity contribution in [3.05, 3.63) is 106 Å². The van der Waals surface area contributed by atoms with Crippen LogP contribution in [0.1, 0.15) is 302 Å². The molecule has 111 heavy (non-hydrogen) atoms. The molecule has 0 amide bonds. The number of hydrogen-bond donors (Lipinski definition) is 0. The number of rotatable bonds is 0. The summed E-state index contributed by atoms with van der Waals surface area (Å²) in [4.78, 5) is 12.8. The Morgan fingerprint density at radius 2 is 0.486 bits per heavy atom. The van der Waals surface area contributed by atoms with Crippen molar-refractivity contribution in [1.29, 1.82) is 0 Å². The highest BCUT2D eigenvalue weighted by atomic mass is 15.6. The van der Waals surface area contributed by atoms with Crippen LogP contribution in [0.25, 0.3) is 0 Å². The van der Waals surface area contributed by atoms with Gasteiger partial charge < -0.3 is 0 Å². The van der Waals surface area contributed by atoms with Gasteiger partial charge in [0.05, 0.1) is 15.6 Å². The average molecular weight is 1540 g/mol. The fourth-order valence-corrected chi connectivity index (χ4v) is 17.5. The zero-order valence-corrected chi connectivity index (χ0v) is 71.7. The summed E-state index contributed by atoms with van der Waals surface area (Å²) in [6, 6.07) is 0. The number of aryl methyl sites for hydroxylation is 24. The van der Waals surface area contributed by atoms with E-state index in [1.54, 1.807) is 17.1 Å². The van der Waals surface area contributed by atoms with E-state index >= 15 is 0 Å². The van der Waals surface area contributed by atoms with Crippen molar-refractivity contribution in [2.45, 2.75) is 411 Å². The minimum atomic E-state index is 1.09. The van der Waals surface area contributed by atoms with Crippen molar-refractivity contribution < 1.29 is 42.1 Å². The number of fused-ring (bicyclic) bond motifs is 15. The largest absolute Gasteiger partial charge is 0.221 e. The van der Waals surface area contributed by atoms with Gasteiger partial charge in [-0.05, 0) is 170 Å². The van der Waals surface area contributed by atoms with Gasteiger partial charge in [0, 0.05) is 122 Å². The normalized spacial score (nSPS) is 17.9. The third kappa shape index (κ3) is 25.1. The molecule has 0 aromatic carbocycles. The zero-order chi connectivity index (χ0) is 78.1. The van der Waals surface area contributed by atoms with Crippen LogP contribution in [0.3, 0.4) is 0 Å². The summed E-state index contributed by atoms with van der Waals surface area (Å²) < 4.78 is 25.9.